The number of nitrogen functional groups attached to an aromatic ring is 1. The number of hydrogen-bond acceptors (Lipinski definition) is 4. The molecule has 1 amide bonds. The molecule has 182 valence electrons. The highest BCUT2D eigenvalue weighted by atomic mass is 16.2. The normalized spacial score (nSPS) is 13.3. The first-order chi connectivity index (χ1) is 16.9. The van der Waals surface area contributed by atoms with Crippen molar-refractivity contribution in [3.63, 3.8) is 0 Å². The van der Waals surface area contributed by atoms with Gasteiger partial charge >= 0.3 is 5.69 Å². The zero-order chi connectivity index (χ0) is 24.8. The number of benzene rings is 2. The molecule has 1 aliphatic rings. The second-order valence-electron chi connectivity index (χ2n) is 9.13. The van der Waals surface area contributed by atoms with E-state index >= 15 is 0 Å². The Morgan fingerprint density at radius 3 is 2.46 bits per heavy atom. The van der Waals surface area contributed by atoms with Gasteiger partial charge in [-0.25, -0.2) is 4.79 Å². The van der Waals surface area contributed by atoms with Gasteiger partial charge in [0.25, 0.3) is 5.56 Å². The number of hydrogen-bond donors (Lipinski definition) is 2. The van der Waals surface area contributed by atoms with E-state index in [-0.39, 0.29) is 30.4 Å². The lowest BCUT2D eigenvalue weighted by Crippen LogP contribution is -2.42. The molecule has 0 aliphatic heterocycles. The first-order valence-corrected chi connectivity index (χ1v) is 12.1. The molecule has 2 aromatic carbocycles. The SMILES string of the molecule is Cc1ccc(CC(=O)N(CCC2=CCCCC2)c2c(N)n(Cc3ccccc3)c(=O)[nH]c2=O)cc1. The lowest BCUT2D eigenvalue weighted by Gasteiger charge is -2.26. The van der Waals surface area contributed by atoms with Crippen LogP contribution in [-0.4, -0.2) is 22.0 Å². The summed E-state index contributed by atoms with van der Waals surface area (Å²) in [6.07, 6.45) is 7.38. The second kappa shape index (κ2) is 11.0. The van der Waals surface area contributed by atoms with Crippen LogP contribution in [0.15, 0.2) is 75.8 Å². The van der Waals surface area contributed by atoms with Gasteiger partial charge in [0.05, 0.1) is 13.0 Å². The van der Waals surface area contributed by atoms with Crippen molar-refractivity contribution in [3.8, 4) is 0 Å². The minimum absolute atomic E-state index is 0.00233. The monoisotopic (exact) mass is 472 g/mol. The van der Waals surface area contributed by atoms with E-state index in [9.17, 15) is 14.4 Å². The van der Waals surface area contributed by atoms with Crippen LogP contribution in [0, 0.1) is 6.92 Å². The van der Waals surface area contributed by atoms with Gasteiger partial charge < -0.3 is 10.6 Å². The van der Waals surface area contributed by atoms with Crippen LogP contribution in [0.4, 0.5) is 11.5 Å². The maximum Gasteiger partial charge on any atom is 0.330 e. The molecule has 0 fully saturated rings. The molecule has 0 unspecified atom stereocenters. The van der Waals surface area contributed by atoms with Gasteiger partial charge in [-0.15, -0.1) is 0 Å². The van der Waals surface area contributed by atoms with E-state index in [1.54, 1.807) is 0 Å². The third kappa shape index (κ3) is 5.98. The number of carbonyl (C=O) groups is 1. The fraction of sp³-hybridized carbons (Fsp3) is 0.321. The number of amides is 1. The van der Waals surface area contributed by atoms with E-state index in [1.165, 1.54) is 21.5 Å². The molecule has 4 rings (SSSR count). The predicted molar refractivity (Wildman–Crippen MR) is 140 cm³/mol. The molecule has 0 saturated carbocycles. The summed E-state index contributed by atoms with van der Waals surface area (Å²) in [7, 11) is 0. The molecule has 0 bridgehead atoms. The average molecular weight is 473 g/mol. The standard InChI is InChI=1S/C28H32N4O3/c1-20-12-14-22(15-13-20)18-24(33)31(17-16-21-8-4-2-5-9-21)25-26(29)32(28(35)30-27(25)34)19-23-10-6-3-7-11-23/h3,6-8,10-15H,2,4-5,9,16-19,29H2,1H3,(H,30,34,35). The lowest BCUT2D eigenvalue weighted by atomic mass is 9.97. The maximum absolute atomic E-state index is 13.5. The molecule has 0 radical (unpaired) electrons. The molecule has 7 nitrogen and oxygen atoms in total. The Balaban J connectivity index is 1.70. The number of aromatic nitrogens is 2. The number of rotatable bonds is 8. The van der Waals surface area contributed by atoms with Crippen LogP contribution in [0.3, 0.4) is 0 Å². The molecule has 0 saturated heterocycles. The van der Waals surface area contributed by atoms with Crippen molar-refractivity contribution in [2.45, 2.75) is 52.0 Å². The molecule has 0 spiro atoms. The number of H-pyrrole nitrogens is 1. The summed E-state index contributed by atoms with van der Waals surface area (Å²) in [6, 6.07) is 17.1. The number of aromatic amines is 1. The maximum atomic E-state index is 13.5. The van der Waals surface area contributed by atoms with Gasteiger partial charge in [-0.2, -0.15) is 0 Å². The van der Waals surface area contributed by atoms with Gasteiger partial charge in [-0.1, -0.05) is 71.8 Å². The highest BCUT2D eigenvalue weighted by Gasteiger charge is 2.25. The Morgan fingerprint density at radius 1 is 1.03 bits per heavy atom. The summed E-state index contributed by atoms with van der Waals surface area (Å²) < 4.78 is 1.32. The van der Waals surface area contributed by atoms with Crippen LogP contribution in [0.5, 0.6) is 0 Å². The van der Waals surface area contributed by atoms with Gasteiger partial charge in [-0.05, 0) is 50.2 Å². The molecular formula is C28H32N4O3. The highest BCUT2D eigenvalue weighted by Crippen LogP contribution is 2.24. The number of nitrogens with zero attached hydrogens (tertiary/aromatic N) is 2. The molecular weight excluding hydrogens is 440 g/mol. The topological polar surface area (TPSA) is 101 Å². The number of anilines is 2. The fourth-order valence-electron chi connectivity index (χ4n) is 4.49. The molecule has 1 aliphatic carbocycles. The third-order valence-corrected chi connectivity index (χ3v) is 6.49. The van der Waals surface area contributed by atoms with Crippen molar-refractivity contribution in [1.29, 1.82) is 0 Å². The van der Waals surface area contributed by atoms with E-state index in [4.69, 9.17) is 5.73 Å². The summed E-state index contributed by atoms with van der Waals surface area (Å²) in [5.41, 5.74) is 9.34. The molecule has 3 aromatic rings. The van der Waals surface area contributed by atoms with Crippen molar-refractivity contribution in [3.05, 3.63) is 104 Å². The smallest absolute Gasteiger partial charge is 0.330 e. The number of nitrogens with one attached hydrogen (secondary N) is 1. The summed E-state index contributed by atoms with van der Waals surface area (Å²) in [6.45, 7) is 2.51. The van der Waals surface area contributed by atoms with Crippen molar-refractivity contribution in [2.24, 2.45) is 0 Å². The van der Waals surface area contributed by atoms with E-state index in [0.29, 0.717) is 13.0 Å². The van der Waals surface area contributed by atoms with Crippen LogP contribution in [-0.2, 0) is 17.8 Å². The lowest BCUT2D eigenvalue weighted by molar-refractivity contribution is -0.118. The van der Waals surface area contributed by atoms with Crippen molar-refractivity contribution >= 4 is 17.4 Å². The third-order valence-electron chi connectivity index (χ3n) is 6.49. The molecule has 3 N–H and O–H groups in total. The van der Waals surface area contributed by atoms with E-state index < -0.39 is 11.2 Å². The zero-order valence-electron chi connectivity index (χ0n) is 20.1. The Morgan fingerprint density at radius 2 is 1.77 bits per heavy atom. The summed E-state index contributed by atoms with van der Waals surface area (Å²) in [5.74, 6) is -0.232. The van der Waals surface area contributed by atoms with Crippen LogP contribution in [0.2, 0.25) is 0 Å². The summed E-state index contributed by atoms with van der Waals surface area (Å²) in [5, 5.41) is 0. The Labute approximate surface area is 204 Å². The number of carbonyl (C=O) groups excluding carboxylic acids is 1. The fourth-order valence-corrected chi connectivity index (χ4v) is 4.49. The van der Waals surface area contributed by atoms with Crippen LogP contribution in [0.25, 0.3) is 0 Å². The van der Waals surface area contributed by atoms with Crippen LogP contribution >= 0.6 is 0 Å². The minimum Gasteiger partial charge on any atom is -0.383 e. The second-order valence-corrected chi connectivity index (χ2v) is 9.13. The number of nitrogens with two attached hydrogens (primary N) is 1. The molecule has 7 heteroatoms. The summed E-state index contributed by atoms with van der Waals surface area (Å²) >= 11 is 0. The molecule has 1 heterocycles. The average Bonchev–Trinajstić information content (AvgIpc) is 2.86. The van der Waals surface area contributed by atoms with Gasteiger partial charge in [-0.3, -0.25) is 19.1 Å². The van der Waals surface area contributed by atoms with Gasteiger partial charge in [0, 0.05) is 6.54 Å². The predicted octanol–water partition coefficient (Wildman–Crippen LogP) is 3.94. The van der Waals surface area contributed by atoms with Gasteiger partial charge in [0.2, 0.25) is 5.91 Å². The quantitative estimate of drug-likeness (QED) is 0.485. The minimum atomic E-state index is -0.647. The zero-order valence-corrected chi connectivity index (χ0v) is 20.1. The van der Waals surface area contributed by atoms with Gasteiger partial charge in [0.15, 0.2) is 5.69 Å². The number of aryl methyl sites for hydroxylation is 1. The largest absolute Gasteiger partial charge is 0.383 e. The first-order valence-electron chi connectivity index (χ1n) is 12.1. The number of allylic oxidation sites excluding steroid dienone is 1. The Kier molecular flexibility index (Phi) is 7.65. The van der Waals surface area contributed by atoms with Crippen LogP contribution < -0.4 is 21.9 Å². The molecule has 35 heavy (non-hydrogen) atoms. The summed E-state index contributed by atoms with van der Waals surface area (Å²) in [4.78, 5) is 43.0. The van der Waals surface area contributed by atoms with Crippen LogP contribution in [0.1, 0.15) is 48.8 Å². The van der Waals surface area contributed by atoms with Crippen molar-refractivity contribution in [1.82, 2.24) is 9.55 Å². The van der Waals surface area contributed by atoms with E-state index in [1.807, 2.05) is 61.5 Å². The Hall–Kier alpha value is -3.87. The molecule has 1 aromatic heterocycles. The van der Waals surface area contributed by atoms with E-state index in [0.717, 1.165) is 36.0 Å². The van der Waals surface area contributed by atoms with Crippen molar-refractivity contribution in [2.75, 3.05) is 17.2 Å². The van der Waals surface area contributed by atoms with E-state index in [2.05, 4.69) is 11.1 Å². The van der Waals surface area contributed by atoms with Gasteiger partial charge in [0.1, 0.15) is 5.82 Å². The first kappa shape index (κ1) is 24.3. The highest BCUT2D eigenvalue weighted by molar-refractivity contribution is 5.96. The Bertz CT molecular complexity index is 1320. The molecule has 0 atom stereocenters. The van der Waals surface area contributed by atoms with Crippen molar-refractivity contribution < 1.29 is 4.79 Å².